The highest BCUT2D eigenvalue weighted by Gasteiger charge is 2.33. The molecule has 0 aromatic heterocycles. The number of ether oxygens (including phenoxy) is 1. The molecule has 1 unspecified atom stereocenters. The second-order valence-corrected chi connectivity index (χ2v) is 5.93. The summed E-state index contributed by atoms with van der Waals surface area (Å²) < 4.78 is 43.8. The average Bonchev–Trinajstić information content (AvgIpc) is 2.48. The number of rotatable bonds is 5. The lowest BCUT2D eigenvalue weighted by Gasteiger charge is -2.30. The van der Waals surface area contributed by atoms with E-state index in [1.807, 2.05) is 6.92 Å². The summed E-state index contributed by atoms with van der Waals surface area (Å²) in [7, 11) is 0. The summed E-state index contributed by atoms with van der Waals surface area (Å²) in [5.74, 6) is -0.311. The average molecular weight is 345 g/mol. The van der Waals surface area contributed by atoms with Gasteiger partial charge in [0.05, 0.1) is 18.3 Å². The maximum absolute atomic E-state index is 12.8. The predicted molar refractivity (Wildman–Crippen MR) is 85.6 cm³/mol. The van der Waals surface area contributed by atoms with Crippen molar-refractivity contribution in [3.05, 3.63) is 23.8 Å². The van der Waals surface area contributed by atoms with Crippen LogP contribution in [-0.2, 0) is 15.7 Å². The van der Waals surface area contributed by atoms with E-state index < -0.39 is 11.7 Å². The maximum atomic E-state index is 12.8. The van der Waals surface area contributed by atoms with Gasteiger partial charge in [0, 0.05) is 30.9 Å². The molecule has 1 aromatic carbocycles. The fourth-order valence-electron chi connectivity index (χ4n) is 2.66. The van der Waals surface area contributed by atoms with Crippen LogP contribution in [0.15, 0.2) is 18.2 Å². The molecule has 0 spiro atoms. The number of halogens is 3. The first-order chi connectivity index (χ1) is 11.3. The molecule has 1 heterocycles. The normalized spacial score (nSPS) is 19.2. The van der Waals surface area contributed by atoms with Crippen molar-refractivity contribution in [3.63, 3.8) is 0 Å². The third-order valence-electron chi connectivity index (χ3n) is 3.85. The van der Waals surface area contributed by atoms with Gasteiger partial charge >= 0.3 is 6.18 Å². The molecule has 0 saturated carbocycles. The van der Waals surface area contributed by atoms with Gasteiger partial charge in [0.1, 0.15) is 0 Å². The maximum Gasteiger partial charge on any atom is 0.418 e. The number of nitrogens with one attached hydrogen (secondary N) is 1. The van der Waals surface area contributed by atoms with Gasteiger partial charge in [-0.05, 0) is 38.1 Å². The van der Waals surface area contributed by atoms with E-state index >= 15 is 0 Å². The van der Waals surface area contributed by atoms with Gasteiger partial charge in [-0.1, -0.05) is 0 Å². The molecule has 1 aliphatic heterocycles. The van der Waals surface area contributed by atoms with Crippen LogP contribution in [0.1, 0.15) is 25.3 Å². The molecule has 1 saturated heterocycles. The zero-order valence-corrected chi connectivity index (χ0v) is 13.5. The Labute approximate surface area is 138 Å². The smallest absolute Gasteiger partial charge is 0.398 e. The van der Waals surface area contributed by atoms with Gasteiger partial charge in [-0.15, -0.1) is 0 Å². The van der Waals surface area contributed by atoms with Crippen molar-refractivity contribution in [2.45, 2.75) is 32.0 Å². The minimum atomic E-state index is -4.54. The van der Waals surface area contributed by atoms with Gasteiger partial charge in [-0.3, -0.25) is 9.69 Å². The Hall–Kier alpha value is -1.80. The quantitative estimate of drug-likeness (QED) is 0.805. The molecule has 1 amide bonds. The molecular weight excluding hydrogens is 323 g/mol. The topological polar surface area (TPSA) is 67.6 Å². The SMILES string of the molecule is CC1CN(CCCC(=O)Nc2ccc(N)c(C(F)(F)F)c2)CCO1. The number of nitrogens with zero attached hydrogens (tertiary/aromatic N) is 1. The van der Waals surface area contributed by atoms with Crippen molar-refractivity contribution in [1.82, 2.24) is 4.90 Å². The first kappa shape index (κ1) is 18.5. The number of morpholine rings is 1. The Morgan fingerprint density at radius 1 is 1.46 bits per heavy atom. The lowest BCUT2D eigenvalue weighted by molar-refractivity contribution is -0.136. The Morgan fingerprint density at radius 2 is 2.21 bits per heavy atom. The van der Waals surface area contributed by atoms with Crippen molar-refractivity contribution in [1.29, 1.82) is 0 Å². The highest BCUT2D eigenvalue weighted by Crippen LogP contribution is 2.35. The number of hydrogen-bond donors (Lipinski definition) is 2. The van der Waals surface area contributed by atoms with Crippen LogP contribution in [0.3, 0.4) is 0 Å². The van der Waals surface area contributed by atoms with Crippen molar-refractivity contribution in [2.24, 2.45) is 0 Å². The number of benzene rings is 1. The molecule has 134 valence electrons. The summed E-state index contributed by atoms with van der Waals surface area (Å²) >= 11 is 0. The van der Waals surface area contributed by atoms with Crippen LogP contribution in [0.25, 0.3) is 0 Å². The minimum absolute atomic E-state index is 0.0986. The number of nitrogen functional groups attached to an aromatic ring is 1. The molecule has 0 aliphatic carbocycles. The highest BCUT2D eigenvalue weighted by molar-refractivity contribution is 5.91. The van der Waals surface area contributed by atoms with E-state index in [2.05, 4.69) is 10.2 Å². The first-order valence-corrected chi connectivity index (χ1v) is 7.86. The number of nitrogens with two attached hydrogens (primary N) is 1. The Balaban J connectivity index is 1.82. The van der Waals surface area contributed by atoms with E-state index in [4.69, 9.17) is 10.5 Å². The van der Waals surface area contributed by atoms with Gasteiger partial charge in [-0.25, -0.2) is 0 Å². The third-order valence-corrected chi connectivity index (χ3v) is 3.85. The van der Waals surface area contributed by atoms with Crippen LogP contribution in [0.4, 0.5) is 24.5 Å². The molecule has 1 aromatic rings. The summed E-state index contributed by atoms with van der Waals surface area (Å²) in [6.45, 7) is 5.10. The summed E-state index contributed by atoms with van der Waals surface area (Å²) in [6, 6.07) is 3.37. The largest absolute Gasteiger partial charge is 0.418 e. The molecule has 2 rings (SSSR count). The number of hydrogen-bond acceptors (Lipinski definition) is 4. The van der Waals surface area contributed by atoms with Gasteiger partial charge in [-0.2, -0.15) is 13.2 Å². The molecule has 0 radical (unpaired) electrons. The van der Waals surface area contributed by atoms with E-state index in [1.165, 1.54) is 6.07 Å². The van der Waals surface area contributed by atoms with Gasteiger partial charge in [0.2, 0.25) is 5.91 Å². The molecule has 3 N–H and O–H groups in total. The predicted octanol–water partition coefficient (Wildman–Crippen LogP) is 2.73. The van der Waals surface area contributed by atoms with Crippen LogP contribution >= 0.6 is 0 Å². The molecule has 1 fully saturated rings. The molecule has 1 aliphatic rings. The number of anilines is 2. The van der Waals surface area contributed by atoms with Crippen LogP contribution < -0.4 is 11.1 Å². The summed E-state index contributed by atoms with van der Waals surface area (Å²) in [5, 5.41) is 2.49. The second kappa shape index (κ2) is 7.85. The van der Waals surface area contributed by atoms with Gasteiger partial charge < -0.3 is 15.8 Å². The van der Waals surface area contributed by atoms with Crippen molar-refractivity contribution in [2.75, 3.05) is 37.3 Å². The van der Waals surface area contributed by atoms with Crippen molar-refractivity contribution >= 4 is 17.3 Å². The summed E-state index contributed by atoms with van der Waals surface area (Å²) in [6.07, 6.45) is -3.47. The fraction of sp³-hybridized carbons (Fsp3) is 0.562. The Morgan fingerprint density at radius 3 is 2.88 bits per heavy atom. The zero-order chi connectivity index (χ0) is 17.7. The van der Waals surface area contributed by atoms with Crippen LogP contribution in [-0.4, -0.2) is 43.2 Å². The second-order valence-electron chi connectivity index (χ2n) is 5.93. The molecule has 5 nitrogen and oxygen atoms in total. The Kier molecular flexibility index (Phi) is 6.06. The monoisotopic (exact) mass is 345 g/mol. The molecule has 24 heavy (non-hydrogen) atoms. The summed E-state index contributed by atoms with van der Waals surface area (Å²) in [5.41, 5.74) is 4.13. The van der Waals surface area contributed by atoms with Gasteiger partial charge in [0.15, 0.2) is 0 Å². The third kappa shape index (κ3) is 5.38. The number of alkyl halides is 3. The standard InChI is InChI=1S/C16H22F3N3O2/c1-11-10-22(7-8-24-11)6-2-3-15(23)21-12-4-5-14(20)13(9-12)16(17,18)19/h4-5,9,11H,2-3,6-8,10,20H2,1H3,(H,21,23). The van der Waals surface area contributed by atoms with E-state index in [-0.39, 0.29) is 29.8 Å². The molecule has 1 atom stereocenters. The van der Waals surface area contributed by atoms with Crippen molar-refractivity contribution < 1.29 is 22.7 Å². The van der Waals surface area contributed by atoms with Gasteiger partial charge in [0.25, 0.3) is 0 Å². The van der Waals surface area contributed by atoms with E-state index in [0.717, 1.165) is 31.8 Å². The Bertz CT molecular complexity index is 578. The van der Waals surface area contributed by atoms with Crippen LogP contribution in [0, 0.1) is 0 Å². The lowest BCUT2D eigenvalue weighted by atomic mass is 10.1. The molecule has 0 bridgehead atoms. The first-order valence-electron chi connectivity index (χ1n) is 7.86. The summed E-state index contributed by atoms with van der Waals surface area (Å²) in [4.78, 5) is 14.1. The van der Waals surface area contributed by atoms with E-state index in [0.29, 0.717) is 13.0 Å². The number of carbonyl (C=O) groups is 1. The number of amides is 1. The van der Waals surface area contributed by atoms with Crippen LogP contribution in [0.5, 0.6) is 0 Å². The van der Waals surface area contributed by atoms with Crippen LogP contribution in [0.2, 0.25) is 0 Å². The number of carbonyl (C=O) groups excluding carboxylic acids is 1. The van der Waals surface area contributed by atoms with Crippen molar-refractivity contribution in [3.8, 4) is 0 Å². The van der Waals surface area contributed by atoms with E-state index in [1.54, 1.807) is 0 Å². The van der Waals surface area contributed by atoms with E-state index in [9.17, 15) is 18.0 Å². The highest BCUT2D eigenvalue weighted by atomic mass is 19.4. The fourth-order valence-corrected chi connectivity index (χ4v) is 2.66. The zero-order valence-electron chi connectivity index (χ0n) is 13.5. The minimum Gasteiger partial charge on any atom is -0.398 e. The molecular formula is C16H22F3N3O2. The molecule has 8 heteroatoms. The lowest BCUT2D eigenvalue weighted by Crippen LogP contribution is -2.41.